The van der Waals surface area contributed by atoms with Crippen molar-refractivity contribution in [1.82, 2.24) is 0 Å². The third kappa shape index (κ3) is 1.68. The Hall–Kier alpha value is -1.02. The van der Waals surface area contributed by atoms with Gasteiger partial charge in [-0.05, 0) is 0 Å². The minimum Gasteiger partial charge on any atom is -0.450 e. The Bertz CT molecular complexity index is 229. The molecule has 0 aliphatic carbocycles. The van der Waals surface area contributed by atoms with E-state index in [2.05, 4.69) is 9.57 Å². The van der Waals surface area contributed by atoms with Crippen LogP contribution < -0.4 is 5.90 Å². The second-order valence-corrected chi connectivity index (χ2v) is 2.54. The van der Waals surface area contributed by atoms with Gasteiger partial charge in [0.05, 0.1) is 6.61 Å². The molecule has 1 unspecified atom stereocenters. The number of aliphatic hydroxyl groups is 2. The van der Waals surface area contributed by atoms with Crippen molar-refractivity contribution in [2.24, 2.45) is 5.90 Å². The second-order valence-electron chi connectivity index (χ2n) is 2.54. The van der Waals surface area contributed by atoms with E-state index in [1.807, 2.05) is 0 Å². The topological polar surface area (TPSA) is 119 Å². The van der Waals surface area contributed by atoms with Crippen LogP contribution in [0.25, 0.3) is 0 Å². The molecule has 3 atom stereocenters. The SMILES string of the molecule is NOC1C(=O)C(=O)O[C@@H]1[C@@H](O)CO. The van der Waals surface area contributed by atoms with Gasteiger partial charge < -0.3 is 14.9 Å². The van der Waals surface area contributed by atoms with Crippen LogP contribution in [0.3, 0.4) is 0 Å². The number of hydrogen-bond donors (Lipinski definition) is 3. The highest BCUT2D eigenvalue weighted by molar-refractivity contribution is 6.37. The first-order valence-corrected chi connectivity index (χ1v) is 3.51. The van der Waals surface area contributed by atoms with E-state index in [1.165, 1.54) is 0 Å². The van der Waals surface area contributed by atoms with E-state index in [4.69, 9.17) is 16.1 Å². The van der Waals surface area contributed by atoms with Crippen molar-refractivity contribution in [2.45, 2.75) is 18.3 Å². The number of ether oxygens (including phenoxy) is 1. The fourth-order valence-electron chi connectivity index (χ4n) is 1.03. The second kappa shape index (κ2) is 3.79. The highest BCUT2D eigenvalue weighted by Gasteiger charge is 2.47. The summed E-state index contributed by atoms with van der Waals surface area (Å²) in [7, 11) is 0. The van der Waals surface area contributed by atoms with Gasteiger partial charge in [-0.15, -0.1) is 0 Å². The molecule has 0 saturated carbocycles. The van der Waals surface area contributed by atoms with Crippen molar-refractivity contribution in [3.8, 4) is 0 Å². The van der Waals surface area contributed by atoms with Crippen LogP contribution in [0.15, 0.2) is 0 Å². The molecule has 1 fully saturated rings. The maximum absolute atomic E-state index is 10.9. The Balaban J connectivity index is 2.76. The smallest absolute Gasteiger partial charge is 0.378 e. The average molecular weight is 191 g/mol. The number of carbonyl (C=O) groups is 2. The largest absolute Gasteiger partial charge is 0.450 e. The standard InChI is InChI=1S/C6H9NO6/c7-13-5-3(10)6(11)12-4(5)2(9)1-8/h2,4-5,8-9H,1,7H2/t2-,4+,5?/m0/s1. The number of aliphatic hydroxyl groups excluding tert-OH is 2. The van der Waals surface area contributed by atoms with Crippen LogP contribution in [0, 0.1) is 0 Å². The van der Waals surface area contributed by atoms with Crippen LogP contribution in [-0.4, -0.2) is 46.9 Å². The molecule has 0 spiro atoms. The summed E-state index contributed by atoms with van der Waals surface area (Å²) in [5.74, 6) is 2.65. The van der Waals surface area contributed by atoms with E-state index in [9.17, 15) is 9.59 Å². The monoisotopic (exact) mass is 191 g/mol. The quantitative estimate of drug-likeness (QED) is 0.248. The Morgan fingerprint density at radius 3 is 2.69 bits per heavy atom. The zero-order valence-corrected chi connectivity index (χ0v) is 6.54. The Morgan fingerprint density at radius 2 is 2.23 bits per heavy atom. The van der Waals surface area contributed by atoms with Gasteiger partial charge in [-0.1, -0.05) is 0 Å². The van der Waals surface area contributed by atoms with E-state index < -0.39 is 36.7 Å². The molecule has 0 aromatic carbocycles. The summed E-state index contributed by atoms with van der Waals surface area (Å²) in [6.45, 7) is -0.648. The van der Waals surface area contributed by atoms with Crippen LogP contribution in [0.1, 0.15) is 0 Å². The Kier molecular flexibility index (Phi) is 2.94. The fourth-order valence-corrected chi connectivity index (χ4v) is 1.03. The first kappa shape index (κ1) is 10.1. The molecule has 0 aromatic heterocycles. The van der Waals surface area contributed by atoms with Gasteiger partial charge in [0.2, 0.25) is 0 Å². The molecule has 1 aliphatic heterocycles. The molecule has 1 heterocycles. The van der Waals surface area contributed by atoms with Crippen molar-refractivity contribution in [1.29, 1.82) is 0 Å². The first-order valence-electron chi connectivity index (χ1n) is 3.51. The molecule has 4 N–H and O–H groups in total. The van der Waals surface area contributed by atoms with Crippen LogP contribution >= 0.6 is 0 Å². The number of esters is 1. The lowest BCUT2D eigenvalue weighted by molar-refractivity contribution is -0.152. The predicted octanol–water partition coefficient (Wildman–Crippen LogP) is -2.91. The number of Topliss-reactive ketones (excluding diaryl/α,β-unsaturated/α-hetero) is 1. The summed E-state index contributed by atoms with van der Waals surface area (Å²) in [5, 5.41) is 17.6. The summed E-state index contributed by atoms with van der Waals surface area (Å²) in [5.41, 5.74) is 0. The number of carbonyl (C=O) groups excluding carboxylic acids is 2. The predicted molar refractivity (Wildman–Crippen MR) is 37.0 cm³/mol. The highest BCUT2D eigenvalue weighted by Crippen LogP contribution is 2.17. The van der Waals surface area contributed by atoms with E-state index >= 15 is 0 Å². The normalized spacial score (nSPS) is 30.4. The third-order valence-corrected chi connectivity index (χ3v) is 1.71. The minimum atomic E-state index is -1.37. The third-order valence-electron chi connectivity index (χ3n) is 1.71. The lowest BCUT2D eigenvalue weighted by atomic mass is 10.1. The van der Waals surface area contributed by atoms with E-state index in [1.54, 1.807) is 0 Å². The van der Waals surface area contributed by atoms with Crippen LogP contribution in [0.4, 0.5) is 0 Å². The summed E-state index contributed by atoms with van der Waals surface area (Å²) >= 11 is 0. The minimum absolute atomic E-state index is 0.648. The average Bonchev–Trinajstić information content (AvgIpc) is 2.42. The van der Waals surface area contributed by atoms with Gasteiger partial charge in [0.15, 0.2) is 12.2 Å². The molecule has 1 rings (SSSR count). The maximum atomic E-state index is 10.9. The summed E-state index contributed by atoms with van der Waals surface area (Å²) in [4.78, 5) is 25.7. The van der Waals surface area contributed by atoms with Gasteiger partial charge in [0.25, 0.3) is 5.78 Å². The molecule has 13 heavy (non-hydrogen) atoms. The van der Waals surface area contributed by atoms with Crippen LogP contribution in [0.5, 0.6) is 0 Å². The molecule has 74 valence electrons. The van der Waals surface area contributed by atoms with Crippen molar-refractivity contribution in [3.63, 3.8) is 0 Å². The molecule has 0 bridgehead atoms. The van der Waals surface area contributed by atoms with Gasteiger partial charge >= 0.3 is 5.97 Å². The van der Waals surface area contributed by atoms with Gasteiger partial charge in [-0.25, -0.2) is 10.7 Å². The van der Waals surface area contributed by atoms with E-state index in [0.717, 1.165) is 0 Å². The maximum Gasteiger partial charge on any atom is 0.378 e. The zero-order chi connectivity index (χ0) is 10.0. The summed E-state index contributed by atoms with van der Waals surface area (Å²) < 4.78 is 4.43. The molecule has 1 saturated heterocycles. The molecular formula is C6H9NO6. The highest BCUT2D eigenvalue weighted by atomic mass is 16.7. The van der Waals surface area contributed by atoms with Crippen molar-refractivity contribution in [2.75, 3.05) is 6.61 Å². The van der Waals surface area contributed by atoms with Crippen LogP contribution in [0.2, 0.25) is 0 Å². The summed E-state index contributed by atoms with van der Waals surface area (Å²) in [6, 6.07) is 0. The number of nitrogens with two attached hydrogens (primary N) is 1. The molecule has 0 aromatic rings. The molecule has 7 nitrogen and oxygen atoms in total. The molecule has 0 radical (unpaired) electrons. The van der Waals surface area contributed by atoms with Crippen molar-refractivity contribution < 1.29 is 29.4 Å². The first-order chi connectivity index (χ1) is 6.11. The molecule has 1 aliphatic rings. The van der Waals surface area contributed by atoms with Gasteiger partial charge in [-0.2, -0.15) is 0 Å². The van der Waals surface area contributed by atoms with Gasteiger partial charge in [-0.3, -0.25) is 9.63 Å². The van der Waals surface area contributed by atoms with Crippen LogP contribution in [-0.2, 0) is 19.2 Å². The molecule has 0 amide bonds. The molecule has 7 heteroatoms. The molecular weight excluding hydrogens is 182 g/mol. The Labute approximate surface area is 73.0 Å². The van der Waals surface area contributed by atoms with E-state index in [0.29, 0.717) is 0 Å². The van der Waals surface area contributed by atoms with Crippen molar-refractivity contribution >= 4 is 11.8 Å². The van der Waals surface area contributed by atoms with Crippen molar-refractivity contribution in [3.05, 3.63) is 0 Å². The van der Waals surface area contributed by atoms with E-state index in [-0.39, 0.29) is 0 Å². The Morgan fingerprint density at radius 1 is 1.62 bits per heavy atom. The van der Waals surface area contributed by atoms with Gasteiger partial charge in [0.1, 0.15) is 6.10 Å². The lowest BCUT2D eigenvalue weighted by Crippen LogP contribution is -2.42. The fraction of sp³-hybridized carbons (Fsp3) is 0.667. The number of hydrogen-bond acceptors (Lipinski definition) is 7. The number of cyclic esters (lactones) is 1. The lowest BCUT2D eigenvalue weighted by Gasteiger charge is -2.17. The summed E-state index contributed by atoms with van der Waals surface area (Å²) in [6.07, 6.45) is -3.94. The number of ketones is 1. The zero-order valence-electron chi connectivity index (χ0n) is 6.54. The number of rotatable bonds is 3. The van der Waals surface area contributed by atoms with Gasteiger partial charge in [0, 0.05) is 0 Å².